The minimum atomic E-state index is 0.130. The highest BCUT2D eigenvalue weighted by molar-refractivity contribution is 5.54. The molecule has 2 N–H and O–H groups in total. The van der Waals surface area contributed by atoms with Crippen molar-refractivity contribution >= 4 is 0 Å². The van der Waals surface area contributed by atoms with Crippen LogP contribution in [0, 0.1) is 6.92 Å². The molecule has 0 unspecified atom stereocenters. The predicted molar refractivity (Wildman–Crippen MR) is 64.2 cm³/mol. The number of hydrogen-bond donors (Lipinski definition) is 1. The molecule has 2 rings (SSSR count). The van der Waals surface area contributed by atoms with Gasteiger partial charge in [0.05, 0.1) is 14.2 Å². The van der Waals surface area contributed by atoms with Crippen molar-refractivity contribution in [3.05, 3.63) is 23.3 Å². The van der Waals surface area contributed by atoms with Crippen molar-refractivity contribution in [2.75, 3.05) is 20.8 Å². The van der Waals surface area contributed by atoms with E-state index in [0.29, 0.717) is 6.54 Å². The van der Waals surface area contributed by atoms with Gasteiger partial charge in [0.25, 0.3) is 0 Å². The first kappa shape index (κ1) is 11.3. The molecule has 1 saturated carbocycles. The van der Waals surface area contributed by atoms with Gasteiger partial charge >= 0.3 is 0 Å². The van der Waals surface area contributed by atoms with Gasteiger partial charge in [-0.1, -0.05) is 6.07 Å². The van der Waals surface area contributed by atoms with Crippen LogP contribution in [-0.4, -0.2) is 20.8 Å². The van der Waals surface area contributed by atoms with Crippen LogP contribution in [0.25, 0.3) is 0 Å². The quantitative estimate of drug-likeness (QED) is 0.845. The van der Waals surface area contributed by atoms with Gasteiger partial charge in [0.1, 0.15) is 0 Å². The van der Waals surface area contributed by atoms with Crippen LogP contribution in [0.2, 0.25) is 0 Å². The summed E-state index contributed by atoms with van der Waals surface area (Å²) in [6, 6.07) is 4.16. The Morgan fingerprint density at radius 3 is 2.38 bits per heavy atom. The lowest BCUT2D eigenvalue weighted by atomic mass is 9.93. The van der Waals surface area contributed by atoms with Crippen LogP contribution in [-0.2, 0) is 5.41 Å². The Morgan fingerprint density at radius 1 is 1.25 bits per heavy atom. The van der Waals surface area contributed by atoms with E-state index in [-0.39, 0.29) is 5.41 Å². The minimum Gasteiger partial charge on any atom is -0.493 e. The number of hydrogen-bond acceptors (Lipinski definition) is 3. The predicted octanol–water partition coefficient (Wildman–Crippen LogP) is 2.00. The summed E-state index contributed by atoms with van der Waals surface area (Å²) in [5.74, 6) is 1.65. The van der Waals surface area contributed by atoms with Crippen LogP contribution < -0.4 is 15.2 Å². The molecule has 88 valence electrons. The molecule has 0 bridgehead atoms. The van der Waals surface area contributed by atoms with Gasteiger partial charge in [-0.2, -0.15) is 0 Å². The van der Waals surface area contributed by atoms with E-state index < -0.39 is 0 Å². The Morgan fingerprint density at radius 2 is 1.94 bits per heavy atom. The van der Waals surface area contributed by atoms with Crippen LogP contribution in [0.5, 0.6) is 11.5 Å². The number of rotatable bonds is 4. The molecular weight excluding hydrogens is 202 g/mol. The lowest BCUT2D eigenvalue weighted by Crippen LogP contribution is -2.20. The molecule has 0 aliphatic heterocycles. The van der Waals surface area contributed by atoms with Crippen molar-refractivity contribution in [2.24, 2.45) is 5.73 Å². The summed E-state index contributed by atoms with van der Waals surface area (Å²) in [4.78, 5) is 0. The van der Waals surface area contributed by atoms with Gasteiger partial charge in [-0.3, -0.25) is 0 Å². The maximum absolute atomic E-state index is 5.87. The Balaban J connectivity index is 2.54. The highest BCUT2D eigenvalue weighted by Crippen LogP contribution is 2.52. The third-order valence-electron chi connectivity index (χ3n) is 3.44. The van der Waals surface area contributed by atoms with Crippen LogP contribution >= 0.6 is 0 Å². The zero-order valence-corrected chi connectivity index (χ0v) is 10.2. The zero-order valence-electron chi connectivity index (χ0n) is 10.2. The van der Waals surface area contributed by atoms with E-state index >= 15 is 0 Å². The van der Waals surface area contributed by atoms with Crippen molar-refractivity contribution < 1.29 is 9.47 Å². The van der Waals surface area contributed by atoms with Gasteiger partial charge in [-0.05, 0) is 31.4 Å². The van der Waals surface area contributed by atoms with Crippen molar-refractivity contribution in [2.45, 2.75) is 25.2 Å². The van der Waals surface area contributed by atoms with Crippen molar-refractivity contribution in [1.82, 2.24) is 0 Å². The Hall–Kier alpha value is -1.22. The zero-order chi connectivity index (χ0) is 11.8. The average molecular weight is 221 g/mol. The van der Waals surface area contributed by atoms with E-state index in [9.17, 15) is 0 Å². The van der Waals surface area contributed by atoms with Crippen LogP contribution in [0.15, 0.2) is 12.1 Å². The Kier molecular flexibility index (Phi) is 2.80. The summed E-state index contributed by atoms with van der Waals surface area (Å²) in [5.41, 5.74) is 8.39. The molecule has 0 saturated heterocycles. The summed E-state index contributed by atoms with van der Waals surface area (Å²) >= 11 is 0. The van der Waals surface area contributed by atoms with E-state index in [0.717, 1.165) is 24.3 Å². The third-order valence-corrected chi connectivity index (χ3v) is 3.44. The van der Waals surface area contributed by atoms with Crippen molar-refractivity contribution in [1.29, 1.82) is 0 Å². The Labute approximate surface area is 96.5 Å². The number of aryl methyl sites for hydroxylation is 1. The SMILES string of the molecule is COc1cc(C)cc(C2(CN)CC2)c1OC. The molecule has 0 atom stereocenters. The molecular formula is C13H19NO2. The second-order valence-electron chi connectivity index (χ2n) is 4.53. The first-order valence-corrected chi connectivity index (χ1v) is 5.60. The fraction of sp³-hybridized carbons (Fsp3) is 0.538. The second-order valence-corrected chi connectivity index (χ2v) is 4.53. The molecule has 0 radical (unpaired) electrons. The van der Waals surface area contributed by atoms with Gasteiger partial charge in [-0.15, -0.1) is 0 Å². The monoisotopic (exact) mass is 221 g/mol. The number of nitrogens with two attached hydrogens (primary N) is 1. The summed E-state index contributed by atoms with van der Waals surface area (Å²) in [5, 5.41) is 0. The minimum absolute atomic E-state index is 0.130. The molecule has 0 heterocycles. The van der Waals surface area contributed by atoms with Gasteiger partial charge in [0.15, 0.2) is 11.5 Å². The standard InChI is InChI=1S/C13H19NO2/c1-9-6-10(13(8-14)4-5-13)12(16-3)11(7-9)15-2/h6-7H,4-5,8,14H2,1-3H3. The lowest BCUT2D eigenvalue weighted by molar-refractivity contribution is 0.348. The molecule has 1 aromatic carbocycles. The summed E-state index contributed by atoms with van der Waals surface area (Å²) < 4.78 is 10.8. The first-order chi connectivity index (χ1) is 7.66. The molecule has 0 spiro atoms. The van der Waals surface area contributed by atoms with E-state index in [1.165, 1.54) is 11.1 Å². The molecule has 0 amide bonds. The molecule has 1 aliphatic rings. The van der Waals surface area contributed by atoms with Crippen molar-refractivity contribution in [3.63, 3.8) is 0 Å². The molecule has 16 heavy (non-hydrogen) atoms. The maximum atomic E-state index is 5.87. The Bertz CT molecular complexity index is 397. The highest BCUT2D eigenvalue weighted by Gasteiger charge is 2.45. The molecule has 3 heteroatoms. The summed E-state index contributed by atoms with van der Waals surface area (Å²) in [6.07, 6.45) is 2.29. The van der Waals surface area contributed by atoms with Gasteiger partial charge in [0, 0.05) is 17.5 Å². The second kappa shape index (κ2) is 3.98. The number of benzene rings is 1. The molecule has 1 fully saturated rings. The number of methoxy groups -OCH3 is 2. The largest absolute Gasteiger partial charge is 0.493 e. The van der Waals surface area contributed by atoms with Crippen molar-refractivity contribution in [3.8, 4) is 11.5 Å². The molecule has 1 aromatic rings. The van der Waals surface area contributed by atoms with Gasteiger partial charge in [-0.25, -0.2) is 0 Å². The highest BCUT2D eigenvalue weighted by atomic mass is 16.5. The normalized spacial score (nSPS) is 17.0. The molecule has 0 aromatic heterocycles. The number of ether oxygens (including phenoxy) is 2. The van der Waals surface area contributed by atoms with E-state index in [4.69, 9.17) is 15.2 Å². The maximum Gasteiger partial charge on any atom is 0.164 e. The fourth-order valence-corrected chi connectivity index (χ4v) is 2.23. The summed E-state index contributed by atoms with van der Waals surface area (Å²) in [6.45, 7) is 2.74. The van der Waals surface area contributed by atoms with E-state index in [2.05, 4.69) is 13.0 Å². The molecule has 3 nitrogen and oxygen atoms in total. The lowest BCUT2D eigenvalue weighted by Gasteiger charge is -2.20. The summed E-state index contributed by atoms with van der Waals surface area (Å²) in [7, 11) is 3.35. The van der Waals surface area contributed by atoms with Crippen LogP contribution in [0.1, 0.15) is 24.0 Å². The van der Waals surface area contributed by atoms with E-state index in [1.54, 1.807) is 14.2 Å². The van der Waals surface area contributed by atoms with Crippen LogP contribution in [0.4, 0.5) is 0 Å². The van der Waals surface area contributed by atoms with Crippen LogP contribution in [0.3, 0.4) is 0 Å². The third kappa shape index (κ3) is 1.65. The molecule has 1 aliphatic carbocycles. The van der Waals surface area contributed by atoms with E-state index in [1.807, 2.05) is 6.07 Å². The first-order valence-electron chi connectivity index (χ1n) is 5.60. The van der Waals surface area contributed by atoms with Gasteiger partial charge < -0.3 is 15.2 Å². The topological polar surface area (TPSA) is 44.5 Å². The average Bonchev–Trinajstić information content (AvgIpc) is 3.08. The van der Waals surface area contributed by atoms with Gasteiger partial charge in [0.2, 0.25) is 0 Å². The fourth-order valence-electron chi connectivity index (χ4n) is 2.23. The smallest absolute Gasteiger partial charge is 0.164 e.